The van der Waals surface area contributed by atoms with E-state index < -0.39 is 0 Å². The lowest BCUT2D eigenvalue weighted by Crippen LogP contribution is -2.17. The summed E-state index contributed by atoms with van der Waals surface area (Å²) >= 11 is 0. The van der Waals surface area contributed by atoms with E-state index in [0.717, 1.165) is 22.3 Å². The van der Waals surface area contributed by atoms with Crippen LogP contribution in [0, 0.1) is 0 Å². The molecule has 0 atom stereocenters. The Morgan fingerprint density at radius 3 is 2.83 bits per heavy atom. The van der Waals surface area contributed by atoms with Crippen molar-refractivity contribution in [2.24, 2.45) is 0 Å². The minimum Gasteiger partial charge on any atom is -0.486 e. The Balaban J connectivity index is 1.47. The van der Waals surface area contributed by atoms with Gasteiger partial charge in [0.15, 0.2) is 11.5 Å². The number of hydrogen-bond donors (Lipinski definition) is 2. The second kappa shape index (κ2) is 5.64. The summed E-state index contributed by atoms with van der Waals surface area (Å²) in [5.41, 5.74) is 2.58. The Kier molecular flexibility index (Phi) is 3.34. The Labute approximate surface area is 132 Å². The van der Waals surface area contributed by atoms with Crippen LogP contribution in [0.3, 0.4) is 0 Å². The maximum atomic E-state index is 12.2. The highest BCUT2D eigenvalue weighted by Crippen LogP contribution is 2.30. The van der Waals surface area contributed by atoms with Gasteiger partial charge in [0.25, 0.3) is 0 Å². The molecule has 116 valence electrons. The Bertz CT molecular complexity index is 839. The van der Waals surface area contributed by atoms with Gasteiger partial charge in [-0.2, -0.15) is 0 Å². The molecule has 0 unspecified atom stereocenters. The van der Waals surface area contributed by atoms with E-state index in [9.17, 15) is 4.79 Å². The zero-order valence-corrected chi connectivity index (χ0v) is 12.3. The highest BCUT2D eigenvalue weighted by molar-refractivity contribution is 5.92. The van der Waals surface area contributed by atoms with Gasteiger partial charge in [-0.05, 0) is 29.8 Å². The number of carbonyl (C=O) groups is 1. The third-order valence-corrected chi connectivity index (χ3v) is 3.62. The van der Waals surface area contributed by atoms with Gasteiger partial charge in [0.05, 0.1) is 17.5 Å². The number of rotatable bonds is 3. The standard InChI is InChI=1S/C17H15N3O3/c21-16(20-17-18-12-3-1-2-4-13(12)19-17)10-11-5-6-14-15(9-11)23-8-7-22-14/h1-6,9H,7-8,10H2,(H2,18,19,20,21). The number of nitrogens with zero attached hydrogens (tertiary/aromatic N) is 1. The molecule has 2 heterocycles. The number of nitrogens with one attached hydrogen (secondary N) is 2. The molecule has 6 nitrogen and oxygen atoms in total. The number of benzene rings is 2. The minimum absolute atomic E-state index is 0.138. The molecule has 0 spiro atoms. The molecule has 2 aromatic carbocycles. The van der Waals surface area contributed by atoms with Gasteiger partial charge >= 0.3 is 0 Å². The molecule has 0 saturated carbocycles. The third-order valence-electron chi connectivity index (χ3n) is 3.62. The number of H-pyrrole nitrogens is 1. The SMILES string of the molecule is O=C(Cc1ccc2c(c1)OCCO2)Nc1nc2ccccc2[nH]1. The van der Waals surface area contributed by atoms with Gasteiger partial charge in [0.2, 0.25) is 11.9 Å². The van der Waals surface area contributed by atoms with Crippen LogP contribution in [0.4, 0.5) is 5.95 Å². The maximum absolute atomic E-state index is 12.2. The van der Waals surface area contributed by atoms with E-state index in [1.165, 1.54) is 0 Å². The summed E-state index contributed by atoms with van der Waals surface area (Å²) in [5, 5.41) is 2.78. The number of imidazole rings is 1. The summed E-state index contributed by atoms with van der Waals surface area (Å²) in [6.45, 7) is 1.08. The molecular formula is C17H15N3O3. The highest BCUT2D eigenvalue weighted by atomic mass is 16.6. The lowest BCUT2D eigenvalue weighted by Gasteiger charge is -2.18. The predicted octanol–water partition coefficient (Wildman–Crippen LogP) is 2.52. The average molecular weight is 309 g/mol. The van der Waals surface area contributed by atoms with E-state index in [4.69, 9.17) is 9.47 Å². The van der Waals surface area contributed by atoms with Crippen LogP contribution in [0.5, 0.6) is 11.5 Å². The van der Waals surface area contributed by atoms with Crippen molar-refractivity contribution in [1.29, 1.82) is 0 Å². The highest BCUT2D eigenvalue weighted by Gasteiger charge is 2.14. The number of aromatic amines is 1. The van der Waals surface area contributed by atoms with Crippen LogP contribution in [0.25, 0.3) is 11.0 Å². The average Bonchev–Trinajstić information content (AvgIpc) is 2.96. The zero-order chi connectivity index (χ0) is 15.6. The monoisotopic (exact) mass is 309 g/mol. The van der Waals surface area contributed by atoms with Gasteiger partial charge in [0, 0.05) is 0 Å². The molecule has 1 aliphatic heterocycles. The molecule has 1 aromatic heterocycles. The van der Waals surface area contributed by atoms with Crippen molar-refractivity contribution >= 4 is 22.9 Å². The zero-order valence-electron chi connectivity index (χ0n) is 12.3. The quantitative estimate of drug-likeness (QED) is 0.779. The van der Waals surface area contributed by atoms with Crippen LogP contribution in [-0.2, 0) is 11.2 Å². The fraction of sp³-hybridized carbons (Fsp3) is 0.176. The van der Waals surface area contributed by atoms with Crippen LogP contribution in [0.2, 0.25) is 0 Å². The van der Waals surface area contributed by atoms with Crippen molar-refractivity contribution in [3.05, 3.63) is 48.0 Å². The van der Waals surface area contributed by atoms with Crippen molar-refractivity contribution in [2.45, 2.75) is 6.42 Å². The van der Waals surface area contributed by atoms with Gasteiger partial charge in [0.1, 0.15) is 13.2 Å². The molecule has 0 aliphatic carbocycles. The molecule has 1 amide bonds. The third kappa shape index (κ3) is 2.83. The summed E-state index contributed by atoms with van der Waals surface area (Å²) in [4.78, 5) is 19.6. The first-order valence-corrected chi connectivity index (χ1v) is 7.41. The normalized spacial score (nSPS) is 13.0. The fourth-order valence-corrected chi connectivity index (χ4v) is 2.57. The van der Waals surface area contributed by atoms with Crippen LogP contribution in [0.1, 0.15) is 5.56 Å². The van der Waals surface area contributed by atoms with Gasteiger partial charge in [-0.15, -0.1) is 0 Å². The van der Waals surface area contributed by atoms with Crippen molar-refractivity contribution < 1.29 is 14.3 Å². The molecular weight excluding hydrogens is 294 g/mol. The Hall–Kier alpha value is -3.02. The molecule has 0 radical (unpaired) electrons. The van der Waals surface area contributed by atoms with Gasteiger partial charge in [-0.25, -0.2) is 4.98 Å². The first-order chi connectivity index (χ1) is 11.3. The van der Waals surface area contributed by atoms with Crippen molar-refractivity contribution in [2.75, 3.05) is 18.5 Å². The number of aromatic nitrogens is 2. The lowest BCUT2D eigenvalue weighted by atomic mass is 10.1. The number of ether oxygens (including phenoxy) is 2. The molecule has 4 rings (SSSR count). The van der Waals surface area contributed by atoms with Crippen LogP contribution >= 0.6 is 0 Å². The topological polar surface area (TPSA) is 76.2 Å². The van der Waals surface area contributed by atoms with E-state index in [1.807, 2.05) is 42.5 Å². The molecule has 0 fully saturated rings. The van der Waals surface area contributed by atoms with Crippen molar-refractivity contribution in [3.8, 4) is 11.5 Å². The van der Waals surface area contributed by atoms with E-state index >= 15 is 0 Å². The van der Waals surface area contributed by atoms with E-state index in [2.05, 4.69) is 15.3 Å². The molecule has 23 heavy (non-hydrogen) atoms. The number of carbonyl (C=O) groups excluding carboxylic acids is 1. The Morgan fingerprint density at radius 1 is 1.13 bits per heavy atom. The van der Waals surface area contributed by atoms with Crippen molar-refractivity contribution in [3.63, 3.8) is 0 Å². The summed E-state index contributed by atoms with van der Waals surface area (Å²) in [5.74, 6) is 1.72. The number of hydrogen-bond acceptors (Lipinski definition) is 4. The van der Waals surface area contributed by atoms with Gasteiger partial charge < -0.3 is 14.5 Å². The minimum atomic E-state index is -0.138. The molecule has 2 N–H and O–H groups in total. The van der Waals surface area contributed by atoms with Gasteiger partial charge in [-0.1, -0.05) is 18.2 Å². The number of anilines is 1. The summed E-state index contributed by atoms with van der Waals surface area (Å²) in [6, 6.07) is 13.2. The molecule has 3 aromatic rings. The van der Waals surface area contributed by atoms with Crippen LogP contribution in [0.15, 0.2) is 42.5 Å². The van der Waals surface area contributed by atoms with Crippen LogP contribution in [-0.4, -0.2) is 29.1 Å². The van der Waals surface area contributed by atoms with Gasteiger partial charge in [-0.3, -0.25) is 10.1 Å². The van der Waals surface area contributed by atoms with Crippen LogP contribution < -0.4 is 14.8 Å². The van der Waals surface area contributed by atoms with E-state index in [-0.39, 0.29) is 12.3 Å². The summed E-state index contributed by atoms with van der Waals surface area (Å²) < 4.78 is 11.0. The number of amides is 1. The van der Waals surface area contributed by atoms with E-state index in [0.29, 0.717) is 24.9 Å². The predicted molar refractivity (Wildman–Crippen MR) is 85.9 cm³/mol. The maximum Gasteiger partial charge on any atom is 0.231 e. The second-order valence-electron chi connectivity index (χ2n) is 5.31. The van der Waals surface area contributed by atoms with E-state index in [1.54, 1.807) is 0 Å². The number of fused-ring (bicyclic) bond motifs is 2. The van der Waals surface area contributed by atoms with Crippen molar-refractivity contribution in [1.82, 2.24) is 9.97 Å². The first kappa shape index (κ1) is 13.6. The molecule has 1 aliphatic rings. The summed E-state index contributed by atoms with van der Waals surface area (Å²) in [6.07, 6.45) is 0.244. The number of para-hydroxylation sites is 2. The largest absolute Gasteiger partial charge is 0.486 e. The summed E-state index contributed by atoms with van der Waals surface area (Å²) in [7, 11) is 0. The fourth-order valence-electron chi connectivity index (χ4n) is 2.57. The lowest BCUT2D eigenvalue weighted by molar-refractivity contribution is -0.115. The first-order valence-electron chi connectivity index (χ1n) is 7.41. The second-order valence-corrected chi connectivity index (χ2v) is 5.31. The smallest absolute Gasteiger partial charge is 0.231 e. The Morgan fingerprint density at radius 2 is 1.96 bits per heavy atom. The molecule has 0 saturated heterocycles. The molecule has 0 bridgehead atoms. The molecule has 6 heteroatoms.